The summed E-state index contributed by atoms with van der Waals surface area (Å²) in [5, 5.41) is 9.08. The van der Waals surface area contributed by atoms with Gasteiger partial charge in [0.2, 0.25) is 0 Å². The van der Waals surface area contributed by atoms with Crippen LogP contribution in [0.2, 0.25) is 0 Å². The first-order valence-electron chi connectivity index (χ1n) is 6.40. The van der Waals surface area contributed by atoms with Crippen LogP contribution in [0.1, 0.15) is 46.0 Å². The van der Waals surface area contributed by atoms with Crippen LogP contribution in [0.4, 0.5) is 0 Å². The molecule has 0 unspecified atom stereocenters. The maximum Gasteiger partial charge on any atom is 0.352 e. The zero-order valence-electron chi connectivity index (χ0n) is 12.1. The van der Waals surface area contributed by atoms with Gasteiger partial charge in [0.25, 0.3) is 0 Å². The summed E-state index contributed by atoms with van der Waals surface area (Å²) < 4.78 is 9.62. The van der Waals surface area contributed by atoms with Crippen LogP contribution in [0.25, 0.3) is 6.08 Å². The SMILES string of the molecule is CCOC(=O)/C=C\c1[nH]c(C(=O)O)c(C)c1C(=O)OCC. The Morgan fingerprint density at radius 2 is 1.81 bits per heavy atom. The third kappa shape index (κ3) is 3.95. The number of aromatic carboxylic acids is 1. The summed E-state index contributed by atoms with van der Waals surface area (Å²) in [4.78, 5) is 36.9. The van der Waals surface area contributed by atoms with Gasteiger partial charge < -0.3 is 19.6 Å². The summed E-state index contributed by atoms with van der Waals surface area (Å²) >= 11 is 0. The molecule has 0 aliphatic rings. The Morgan fingerprint density at radius 1 is 1.19 bits per heavy atom. The topological polar surface area (TPSA) is 106 Å². The number of ether oxygens (including phenoxy) is 2. The lowest BCUT2D eigenvalue weighted by Crippen LogP contribution is -2.07. The van der Waals surface area contributed by atoms with Crippen molar-refractivity contribution in [3.63, 3.8) is 0 Å². The standard InChI is InChI=1S/C14H17NO6/c1-4-20-10(16)7-6-9-11(14(19)21-5-2)8(3)12(15-9)13(17)18/h6-7,15H,4-5H2,1-3H3,(H,17,18)/b7-6-. The molecule has 2 N–H and O–H groups in total. The van der Waals surface area contributed by atoms with E-state index in [1.165, 1.54) is 13.0 Å². The molecule has 0 saturated heterocycles. The molecular weight excluding hydrogens is 278 g/mol. The van der Waals surface area contributed by atoms with E-state index in [-0.39, 0.29) is 35.7 Å². The first-order valence-corrected chi connectivity index (χ1v) is 6.40. The predicted molar refractivity (Wildman–Crippen MR) is 74.1 cm³/mol. The summed E-state index contributed by atoms with van der Waals surface area (Å²) in [7, 11) is 0. The van der Waals surface area contributed by atoms with Crippen molar-refractivity contribution in [2.45, 2.75) is 20.8 Å². The first-order chi connectivity index (χ1) is 9.92. The van der Waals surface area contributed by atoms with Gasteiger partial charge in [0, 0.05) is 6.08 Å². The Kier molecular flexibility index (Phi) is 5.71. The van der Waals surface area contributed by atoms with E-state index < -0.39 is 17.9 Å². The van der Waals surface area contributed by atoms with Crippen LogP contribution in [-0.4, -0.2) is 41.2 Å². The van der Waals surface area contributed by atoms with Crippen molar-refractivity contribution in [3.8, 4) is 0 Å². The van der Waals surface area contributed by atoms with Crippen LogP contribution in [0, 0.1) is 6.92 Å². The highest BCUT2D eigenvalue weighted by atomic mass is 16.5. The van der Waals surface area contributed by atoms with E-state index in [1.54, 1.807) is 13.8 Å². The van der Waals surface area contributed by atoms with E-state index in [0.717, 1.165) is 6.08 Å². The zero-order valence-corrected chi connectivity index (χ0v) is 12.1. The number of nitrogens with one attached hydrogen (secondary N) is 1. The lowest BCUT2D eigenvalue weighted by atomic mass is 10.1. The maximum atomic E-state index is 11.9. The second-order valence-corrected chi connectivity index (χ2v) is 4.02. The third-order valence-corrected chi connectivity index (χ3v) is 2.65. The van der Waals surface area contributed by atoms with E-state index in [2.05, 4.69) is 4.98 Å². The van der Waals surface area contributed by atoms with Gasteiger partial charge >= 0.3 is 17.9 Å². The van der Waals surface area contributed by atoms with Crippen molar-refractivity contribution < 1.29 is 29.0 Å². The molecule has 0 aliphatic carbocycles. The molecule has 0 aliphatic heterocycles. The number of H-pyrrole nitrogens is 1. The molecule has 1 aromatic heterocycles. The van der Waals surface area contributed by atoms with E-state index in [9.17, 15) is 14.4 Å². The fourth-order valence-corrected chi connectivity index (χ4v) is 1.76. The molecule has 0 bridgehead atoms. The van der Waals surface area contributed by atoms with Crippen LogP contribution >= 0.6 is 0 Å². The highest BCUT2D eigenvalue weighted by Gasteiger charge is 2.23. The summed E-state index contributed by atoms with van der Waals surface area (Å²) in [6, 6.07) is 0. The summed E-state index contributed by atoms with van der Waals surface area (Å²) in [5.41, 5.74) is 0.414. The smallest absolute Gasteiger partial charge is 0.352 e. The minimum absolute atomic E-state index is 0.0924. The second kappa shape index (κ2) is 7.28. The highest BCUT2D eigenvalue weighted by Crippen LogP contribution is 2.21. The summed E-state index contributed by atoms with van der Waals surface area (Å²) in [5.74, 6) is -2.44. The number of carbonyl (C=O) groups excluding carboxylic acids is 2. The molecule has 0 saturated carbocycles. The third-order valence-electron chi connectivity index (χ3n) is 2.65. The molecule has 0 radical (unpaired) electrons. The normalized spacial score (nSPS) is 10.6. The lowest BCUT2D eigenvalue weighted by molar-refractivity contribution is -0.137. The van der Waals surface area contributed by atoms with Gasteiger partial charge in [0.1, 0.15) is 5.69 Å². The van der Waals surface area contributed by atoms with Crippen molar-refractivity contribution in [2.75, 3.05) is 13.2 Å². The average molecular weight is 295 g/mol. The molecule has 0 aromatic carbocycles. The summed E-state index contributed by atoms with van der Waals surface area (Å²) in [6.07, 6.45) is 2.41. The largest absolute Gasteiger partial charge is 0.477 e. The van der Waals surface area contributed by atoms with Crippen molar-refractivity contribution >= 4 is 24.0 Å². The molecule has 21 heavy (non-hydrogen) atoms. The predicted octanol–water partition coefficient (Wildman–Crippen LogP) is 1.77. The lowest BCUT2D eigenvalue weighted by Gasteiger charge is -2.02. The number of hydrogen-bond donors (Lipinski definition) is 2. The maximum absolute atomic E-state index is 11.9. The van der Waals surface area contributed by atoms with Gasteiger partial charge in [0.15, 0.2) is 0 Å². The number of rotatable bonds is 6. The Hall–Kier alpha value is -2.57. The van der Waals surface area contributed by atoms with E-state index >= 15 is 0 Å². The van der Waals surface area contributed by atoms with Crippen molar-refractivity contribution in [2.24, 2.45) is 0 Å². The van der Waals surface area contributed by atoms with E-state index in [0.29, 0.717) is 0 Å². The van der Waals surface area contributed by atoms with Gasteiger partial charge in [-0.3, -0.25) is 0 Å². The monoisotopic (exact) mass is 295 g/mol. The van der Waals surface area contributed by atoms with Crippen LogP contribution in [-0.2, 0) is 14.3 Å². The molecule has 114 valence electrons. The molecule has 7 heteroatoms. The second-order valence-electron chi connectivity index (χ2n) is 4.02. The number of aromatic amines is 1. The zero-order chi connectivity index (χ0) is 16.0. The van der Waals surface area contributed by atoms with E-state index in [4.69, 9.17) is 14.6 Å². The fraction of sp³-hybridized carbons (Fsp3) is 0.357. The number of carboxylic acids is 1. The molecule has 0 atom stereocenters. The first kappa shape index (κ1) is 16.5. The molecule has 0 amide bonds. The van der Waals surface area contributed by atoms with Gasteiger partial charge in [-0.25, -0.2) is 14.4 Å². The number of hydrogen-bond acceptors (Lipinski definition) is 5. The quantitative estimate of drug-likeness (QED) is 0.612. The number of carboxylic acid groups (broad SMARTS) is 1. The minimum atomic E-state index is -1.20. The average Bonchev–Trinajstić information content (AvgIpc) is 2.74. The van der Waals surface area contributed by atoms with Gasteiger partial charge in [-0.05, 0) is 32.4 Å². The molecule has 1 aromatic rings. The van der Waals surface area contributed by atoms with Gasteiger partial charge in [-0.1, -0.05) is 0 Å². The minimum Gasteiger partial charge on any atom is -0.477 e. The molecule has 0 spiro atoms. The Morgan fingerprint density at radius 3 is 2.33 bits per heavy atom. The molecule has 1 rings (SSSR count). The van der Waals surface area contributed by atoms with Gasteiger partial charge in [-0.2, -0.15) is 0 Å². The van der Waals surface area contributed by atoms with Crippen molar-refractivity contribution in [3.05, 3.63) is 28.6 Å². The van der Waals surface area contributed by atoms with E-state index in [1.807, 2.05) is 0 Å². The van der Waals surface area contributed by atoms with Crippen LogP contribution in [0.3, 0.4) is 0 Å². The number of aromatic nitrogens is 1. The molecular formula is C14H17NO6. The van der Waals surface area contributed by atoms with Crippen LogP contribution in [0.15, 0.2) is 6.08 Å². The Labute approximate surface area is 121 Å². The summed E-state index contributed by atoms with van der Waals surface area (Å²) in [6.45, 7) is 5.18. The fourth-order valence-electron chi connectivity index (χ4n) is 1.76. The Balaban J connectivity index is 3.23. The highest BCUT2D eigenvalue weighted by molar-refractivity contribution is 6.01. The van der Waals surface area contributed by atoms with Crippen LogP contribution < -0.4 is 0 Å². The van der Waals surface area contributed by atoms with Crippen molar-refractivity contribution in [1.29, 1.82) is 0 Å². The van der Waals surface area contributed by atoms with Gasteiger partial charge in [-0.15, -0.1) is 0 Å². The molecule has 7 nitrogen and oxygen atoms in total. The van der Waals surface area contributed by atoms with Crippen LogP contribution in [0.5, 0.6) is 0 Å². The molecule has 0 fully saturated rings. The number of carbonyl (C=O) groups is 3. The van der Waals surface area contributed by atoms with Gasteiger partial charge in [0.05, 0.1) is 24.5 Å². The Bertz CT molecular complexity index is 585. The number of esters is 2. The van der Waals surface area contributed by atoms with Crippen molar-refractivity contribution in [1.82, 2.24) is 4.98 Å². The molecule has 1 heterocycles.